The number of rotatable bonds is 7. The number of carbonyl (C=O) groups is 1. The summed E-state index contributed by atoms with van der Waals surface area (Å²) in [6.07, 6.45) is 2.14. The number of nitrogens with zero attached hydrogens (tertiary/aromatic N) is 1. The van der Waals surface area contributed by atoms with E-state index >= 15 is 0 Å². The molecule has 0 aliphatic rings. The second-order valence-electron chi connectivity index (χ2n) is 4.85. The van der Waals surface area contributed by atoms with Crippen LogP contribution in [-0.2, 0) is 4.74 Å². The second kappa shape index (κ2) is 8.27. The maximum atomic E-state index is 11.6. The van der Waals surface area contributed by atoms with Crippen molar-refractivity contribution in [3.8, 4) is 0 Å². The number of primary amides is 1. The Bertz CT molecular complexity index is 440. The molecule has 5 heteroatoms. The minimum Gasteiger partial charge on any atom is -0.380 e. The minimum absolute atomic E-state index is 0.454. The summed E-state index contributed by atoms with van der Waals surface area (Å²) in [4.78, 5) is 13.2. The lowest BCUT2D eigenvalue weighted by molar-refractivity contribution is 0.137. The number of amides is 2. The molecule has 0 atom stereocenters. The molecule has 0 bridgehead atoms. The number of urea groups is 1. The van der Waals surface area contributed by atoms with Gasteiger partial charge in [0.1, 0.15) is 0 Å². The summed E-state index contributed by atoms with van der Waals surface area (Å²) in [6, 6.07) is 3.45. The highest BCUT2D eigenvalue weighted by Crippen LogP contribution is 2.27. The van der Waals surface area contributed by atoms with Gasteiger partial charge in [0.15, 0.2) is 0 Å². The van der Waals surface area contributed by atoms with Gasteiger partial charge in [-0.2, -0.15) is 0 Å². The number of halogens is 1. The third-order valence-corrected chi connectivity index (χ3v) is 4.35. The van der Waals surface area contributed by atoms with Crippen molar-refractivity contribution in [1.82, 2.24) is 0 Å². The summed E-state index contributed by atoms with van der Waals surface area (Å²) < 4.78 is 6.56. The van der Waals surface area contributed by atoms with E-state index in [4.69, 9.17) is 10.5 Å². The topological polar surface area (TPSA) is 55.6 Å². The maximum Gasteiger partial charge on any atom is 0.319 e. The van der Waals surface area contributed by atoms with E-state index in [1.807, 2.05) is 26.0 Å². The van der Waals surface area contributed by atoms with Crippen LogP contribution in [0.15, 0.2) is 16.6 Å². The van der Waals surface area contributed by atoms with Gasteiger partial charge in [-0.25, -0.2) is 4.79 Å². The zero-order valence-electron chi connectivity index (χ0n) is 12.4. The highest BCUT2D eigenvalue weighted by molar-refractivity contribution is 9.10. The van der Waals surface area contributed by atoms with Gasteiger partial charge in [-0.1, -0.05) is 29.3 Å². The first-order chi connectivity index (χ1) is 9.47. The van der Waals surface area contributed by atoms with Crippen LogP contribution in [0.2, 0.25) is 0 Å². The van der Waals surface area contributed by atoms with Crippen LogP contribution >= 0.6 is 15.9 Å². The summed E-state index contributed by atoms with van der Waals surface area (Å²) in [5.41, 5.74) is 8.45. The molecule has 0 spiro atoms. The normalized spacial score (nSPS) is 10.6. The second-order valence-corrected chi connectivity index (χ2v) is 5.64. The molecule has 0 saturated heterocycles. The van der Waals surface area contributed by atoms with Gasteiger partial charge in [-0.15, -0.1) is 0 Å². The number of ether oxygens (including phenoxy) is 1. The molecule has 2 amide bonds. The monoisotopic (exact) mass is 342 g/mol. The SMILES string of the molecule is CCCCOCCN(C(N)=O)c1cc(C)c(Br)c(C)c1. The van der Waals surface area contributed by atoms with Gasteiger partial charge in [0.2, 0.25) is 0 Å². The standard InChI is InChI=1S/C15H23BrN2O2/c1-4-5-7-20-8-6-18(15(17)19)13-9-11(2)14(16)12(3)10-13/h9-10H,4-8H2,1-3H3,(H2,17,19). The summed E-state index contributed by atoms with van der Waals surface area (Å²) >= 11 is 3.52. The molecule has 1 aromatic carbocycles. The maximum absolute atomic E-state index is 11.6. The van der Waals surface area contributed by atoms with Crippen LogP contribution in [0.1, 0.15) is 30.9 Å². The lowest BCUT2D eigenvalue weighted by Crippen LogP contribution is -2.38. The fraction of sp³-hybridized carbons (Fsp3) is 0.533. The number of nitrogens with two attached hydrogens (primary N) is 1. The molecule has 0 saturated carbocycles. The van der Waals surface area contributed by atoms with Crippen molar-refractivity contribution < 1.29 is 9.53 Å². The predicted molar refractivity (Wildman–Crippen MR) is 86.3 cm³/mol. The van der Waals surface area contributed by atoms with Crippen LogP contribution in [0.25, 0.3) is 0 Å². The largest absolute Gasteiger partial charge is 0.380 e. The van der Waals surface area contributed by atoms with Crippen molar-refractivity contribution in [3.05, 3.63) is 27.7 Å². The van der Waals surface area contributed by atoms with Crippen LogP contribution in [0.4, 0.5) is 10.5 Å². The Hall–Kier alpha value is -1.07. The van der Waals surface area contributed by atoms with Crippen LogP contribution < -0.4 is 10.6 Å². The number of carbonyl (C=O) groups excluding carboxylic acids is 1. The van der Waals surface area contributed by atoms with Crippen molar-refractivity contribution in [3.63, 3.8) is 0 Å². The van der Waals surface area contributed by atoms with Crippen LogP contribution in [0.5, 0.6) is 0 Å². The minimum atomic E-state index is -0.454. The smallest absolute Gasteiger partial charge is 0.319 e. The van der Waals surface area contributed by atoms with Crippen LogP contribution in [0.3, 0.4) is 0 Å². The Labute approximate surface area is 129 Å². The molecule has 1 rings (SSSR count). The number of anilines is 1. The molecule has 0 unspecified atom stereocenters. The van der Waals surface area contributed by atoms with Crippen LogP contribution in [0, 0.1) is 13.8 Å². The van der Waals surface area contributed by atoms with E-state index in [2.05, 4.69) is 22.9 Å². The van der Waals surface area contributed by atoms with Crippen molar-refractivity contribution >= 4 is 27.6 Å². The highest BCUT2D eigenvalue weighted by atomic mass is 79.9. The molecular formula is C15H23BrN2O2. The van der Waals surface area contributed by atoms with E-state index in [1.165, 1.54) is 0 Å². The fourth-order valence-electron chi connectivity index (χ4n) is 1.95. The van der Waals surface area contributed by atoms with E-state index in [-0.39, 0.29) is 0 Å². The zero-order chi connectivity index (χ0) is 15.1. The number of aryl methyl sites for hydroxylation is 2. The van der Waals surface area contributed by atoms with Crippen molar-refractivity contribution in [2.45, 2.75) is 33.6 Å². The number of benzene rings is 1. The van der Waals surface area contributed by atoms with Gasteiger partial charge in [0, 0.05) is 16.8 Å². The molecule has 112 valence electrons. The Kier molecular flexibility index (Phi) is 7.02. The Morgan fingerprint density at radius 3 is 2.40 bits per heavy atom. The van der Waals surface area contributed by atoms with E-state index in [0.717, 1.165) is 40.7 Å². The summed E-state index contributed by atoms with van der Waals surface area (Å²) in [5, 5.41) is 0. The summed E-state index contributed by atoms with van der Waals surface area (Å²) in [7, 11) is 0. The van der Waals surface area contributed by atoms with Gasteiger partial charge in [-0.3, -0.25) is 4.90 Å². The average molecular weight is 343 g/mol. The average Bonchev–Trinajstić information content (AvgIpc) is 2.39. The molecule has 0 radical (unpaired) electrons. The van der Waals surface area contributed by atoms with Gasteiger partial charge < -0.3 is 10.5 Å². The lowest BCUT2D eigenvalue weighted by atomic mass is 10.1. The Morgan fingerprint density at radius 1 is 1.30 bits per heavy atom. The first kappa shape index (κ1) is 17.0. The van der Waals surface area contributed by atoms with Gasteiger partial charge in [-0.05, 0) is 43.5 Å². The third-order valence-electron chi connectivity index (χ3n) is 3.10. The van der Waals surface area contributed by atoms with E-state index in [0.29, 0.717) is 13.2 Å². The Balaban J connectivity index is 2.74. The molecular weight excluding hydrogens is 320 g/mol. The number of hydrogen-bond acceptors (Lipinski definition) is 2. The van der Waals surface area contributed by atoms with Gasteiger partial charge in [0.05, 0.1) is 13.2 Å². The molecule has 20 heavy (non-hydrogen) atoms. The number of unbranched alkanes of at least 4 members (excludes halogenated alkanes) is 1. The third kappa shape index (κ3) is 4.80. The highest BCUT2D eigenvalue weighted by Gasteiger charge is 2.14. The van der Waals surface area contributed by atoms with Crippen molar-refractivity contribution in [1.29, 1.82) is 0 Å². The fourth-order valence-corrected chi connectivity index (χ4v) is 2.18. The van der Waals surface area contributed by atoms with Crippen LogP contribution in [-0.4, -0.2) is 25.8 Å². The lowest BCUT2D eigenvalue weighted by Gasteiger charge is -2.22. The van der Waals surface area contributed by atoms with Gasteiger partial charge in [0.25, 0.3) is 0 Å². The predicted octanol–water partition coefficient (Wildman–Crippen LogP) is 3.77. The first-order valence-corrected chi connectivity index (χ1v) is 7.68. The van der Waals surface area contributed by atoms with E-state index in [1.54, 1.807) is 4.90 Å². The van der Waals surface area contributed by atoms with E-state index in [9.17, 15) is 4.79 Å². The Morgan fingerprint density at radius 2 is 1.90 bits per heavy atom. The quantitative estimate of drug-likeness (QED) is 0.766. The summed E-state index contributed by atoms with van der Waals surface area (Å²) in [6.45, 7) is 7.81. The molecule has 0 aliphatic heterocycles. The molecule has 0 fully saturated rings. The number of hydrogen-bond donors (Lipinski definition) is 1. The molecule has 0 aliphatic carbocycles. The summed E-state index contributed by atoms with van der Waals surface area (Å²) in [5.74, 6) is 0. The molecule has 1 aromatic rings. The molecule has 4 nitrogen and oxygen atoms in total. The molecule has 0 aromatic heterocycles. The first-order valence-electron chi connectivity index (χ1n) is 6.88. The van der Waals surface area contributed by atoms with E-state index < -0.39 is 6.03 Å². The van der Waals surface area contributed by atoms with Crippen molar-refractivity contribution in [2.24, 2.45) is 5.73 Å². The van der Waals surface area contributed by atoms with Gasteiger partial charge >= 0.3 is 6.03 Å². The zero-order valence-corrected chi connectivity index (χ0v) is 14.0. The van der Waals surface area contributed by atoms with Crippen molar-refractivity contribution in [2.75, 3.05) is 24.7 Å². The molecule has 0 heterocycles. The molecule has 2 N–H and O–H groups in total.